The van der Waals surface area contributed by atoms with E-state index in [4.69, 9.17) is 4.42 Å². The predicted octanol–water partition coefficient (Wildman–Crippen LogP) is 4.60. The zero-order valence-electron chi connectivity index (χ0n) is 11.6. The van der Waals surface area contributed by atoms with Crippen molar-refractivity contribution in [2.75, 3.05) is 0 Å². The molecule has 0 radical (unpaired) electrons. The minimum absolute atomic E-state index is 0.229. The van der Waals surface area contributed by atoms with E-state index in [1.165, 1.54) is 12.3 Å². The van der Waals surface area contributed by atoms with Gasteiger partial charge in [0.05, 0.1) is 18.4 Å². The Morgan fingerprint density at radius 3 is 2.48 bits per heavy atom. The maximum atomic E-state index is 13.6. The van der Waals surface area contributed by atoms with Gasteiger partial charge < -0.3 is 9.73 Å². The zero-order valence-corrected chi connectivity index (χ0v) is 11.6. The number of halogens is 4. The molecular formula is C15H15F4NO. The van der Waals surface area contributed by atoms with Crippen LogP contribution in [0.4, 0.5) is 17.6 Å². The quantitative estimate of drug-likeness (QED) is 0.835. The minimum Gasteiger partial charge on any atom is -0.467 e. The molecule has 0 atom stereocenters. The summed E-state index contributed by atoms with van der Waals surface area (Å²) < 4.78 is 56.5. The molecule has 0 aliphatic heterocycles. The first-order chi connectivity index (χ1) is 9.79. The van der Waals surface area contributed by atoms with Crippen LogP contribution in [0.15, 0.2) is 34.9 Å². The van der Waals surface area contributed by atoms with Crippen molar-refractivity contribution < 1.29 is 22.0 Å². The minimum atomic E-state index is -4.69. The fourth-order valence-electron chi connectivity index (χ4n) is 1.94. The molecule has 2 nitrogen and oxygen atoms in total. The van der Waals surface area contributed by atoms with E-state index in [-0.39, 0.29) is 6.04 Å². The average Bonchev–Trinajstić information content (AvgIpc) is 2.82. The highest BCUT2D eigenvalue weighted by Gasteiger charge is 2.34. The Balaban J connectivity index is 2.31. The van der Waals surface area contributed by atoms with Crippen LogP contribution in [0.5, 0.6) is 0 Å². The monoisotopic (exact) mass is 301 g/mol. The Kier molecular flexibility index (Phi) is 4.37. The standard InChI is InChI=1S/C15H15F4NO/c1-9(2)20-8-14-11(5-6-21-14)10-3-4-12(13(16)7-10)15(17,18)19/h3-7,9,20H,8H2,1-2H3. The van der Waals surface area contributed by atoms with Gasteiger partial charge in [-0.05, 0) is 23.8 Å². The van der Waals surface area contributed by atoms with Gasteiger partial charge in [-0.25, -0.2) is 4.39 Å². The van der Waals surface area contributed by atoms with Crippen LogP contribution in [0.2, 0.25) is 0 Å². The SMILES string of the molecule is CC(C)NCc1occc1-c1ccc(C(F)(F)F)c(F)c1. The van der Waals surface area contributed by atoms with Gasteiger partial charge in [-0.2, -0.15) is 13.2 Å². The molecule has 1 aromatic heterocycles. The fraction of sp³-hybridized carbons (Fsp3) is 0.333. The number of furan rings is 1. The summed E-state index contributed by atoms with van der Waals surface area (Å²) in [6.07, 6.45) is -3.26. The second-order valence-corrected chi connectivity index (χ2v) is 4.99. The van der Waals surface area contributed by atoms with Gasteiger partial charge in [0.15, 0.2) is 0 Å². The first-order valence-corrected chi connectivity index (χ1v) is 6.46. The third kappa shape index (κ3) is 3.64. The molecule has 0 fully saturated rings. The smallest absolute Gasteiger partial charge is 0.419 e. The Morgan fingerprint density at radius 1 is 1.19 bits per heavy atom. The molecule has 6 heteroatoms. The van der Waals surface area contributed by atoms with Crippen molar-refractivity contribution in [3.63, 3.8) is 0 Å². The maximum absolute atomic E-state index is 13.6. The molecule has 1 heterocycles. The average molecular weight is 301 g/mol. The number of rotatable bonds is 4. The molecule has 0 unspecified atom stereocenters. The van der Waals surface area contributed by atoms with Gasteiger partial charge in [0.1, 0.15) is 11.6 Å². The highest BCUT2D eigenvalue weighted by Crippen LogP contribution is 2.34. The summed E-state index contributed by atoms with van der Waals surface area (Å²) in [7, 11) is 0. The number of nitrogens with one attached hydrogen (secondary N) is 1. The van der Waals surface area contributed by atoms with Crippen LogP contribution in [0.25, 0.3) is 11.1 Å². The van der Waals surface area contributed by atoms with Crippen molar-refractivity contribution in [3.05, 3.63) is 47.7 Å². The van der Waals surface area contributed by atoms with Crippen LogP contribution in [0.3, 0.4) is 0 Å². The van der Waals surface area contributed by atoms with Crippen molar-refractivity contribution in [3.8, 4) is 11.1 Å². The molecule has 2 rings (SSSR count). The third-order valence-electron chi connectivity index (χ3n) is 3.00. The van der Waals surface area contributed by atoms with Crippen LogP contribution in [-0.4, -0.2) is 6.04 Å². The van der Waals surface area contributed by atoms with Gasteiger partial charge in [-0.1, -0.05) is 19.9 Å². The predicted molar refractivity (Wildman–Crippen MR) is 71.1 cm³/mol. The zero-order chi connectivity index (χ0) is 15.6. The summed E-state index contributed by atoms with van der Waals surface area (Å²) in [6, 6.07) is 4.71. The molecule has 0 aliphatic rings. The Labute approximate surface area is 119 Å². The Bertz CT molecular complexity index is 616. The molecule has 21 heavy (non-hydrogen) atoms. The van der Waals surface area contributed by atoms with E-state index in [2.05, 4.69) is 5.32 Å². The second kappa shape index (κ2) is 5.89. The first kappa shape index (κ1) is 15.6. The van der Waals surface area contributed by atoms with Gasteiger partial charge in [-0.15, -0.1) is 0 Å². The number of hydrogen-bond acceptors (Lipinski definition) is 2. The second-order valence-electron chi connectivity index (χ2n) is 4.99. The maximum Gasteiger partial charge on any atom is 0.419 e. The molecule has 0 amide bonds. The van der Waals surface area contributed by atoms with Gasteiger partial charge >= 0.3 is 6.18 Å². The van der Waals surface area contributed by atoms with Gasteiger partial charge in [-0.3, -0.25) is 0 Å². The van der Waals surface area contributed by atoms with Crippen LogP contribution in [0, 0.1) is 5.82 Å². The summed E-state index contributed by atoms with van der Waals surface area (Å²) in [4.78, 5) is 0. The molecule has 0 saturated heterocycles. The lowest BCUT2D eigenvalue weighted by Crippen LogP contribution is -2.21. The van der Waals surface area contributed by atoms with E-state index < -0.39 is 17.6 Å². The molecule has 0 aliphatic carbocycles. The molecule has 0 spiro atoms. The molecule has 114 valence electrons. The van der Waals surface area contributed by atoms with E-state index in [9.17, 15) is 17.6 Å². The van der Waals surface area contributed by atoms with Crippen molar-refractivity contribution in [1.82, 2.24) is 5.32 Å². The van der Waals surface area contributed by atoms with Gasteiger partial charge in [0.2, 0.25) is 0 Å². The summed E-state index contributed by atoms with van der Waals surface area (Å²) in [6.45, 7) is 4.34. The van der Waals surface area contributed by atoms with Crippen LogP contribution in [0.1, 0.15) is 25.2 Å². The summed E-state index contributed by atoms with van der Waals surface area (Å²) in [5.41, 5.74) is -0.331. The molecule has 1 aromatic carbocycles. The molecular weight excluding hydrogens is 286 g/mol. The van der Waals surface area contributed by atoms with Crippen LogP contribution in [-0.2, 0) is 12.7 Å². The number of alkyl halides is 3. The summed E-state index contributed by atoms with van der Waals surface area (Å²) in [5, 5.41) is 3.14. The topological polar surface area (TPSA) is 25.2 Å². The van der Waals surface area contributed by atoms with Crippen LogP contribution < -0.4 is 5.32 Å². The summed E-state index contributed by atoms with van der Waals surface area (Å²) in [5.74, 6) is -0.730. The lowest BCUT2D eigenvalue weighted by molar-refractivity contribution is -0.139. The Morgan fingerprint density at radius 2 is 1.90 bits per heavy atom. The largest absolute Gasteiger partial charge is 0.467 e. The van der Waals surface area contributed by atoms with Crippen molar-refractivity contribution in [1.29, 1.82) is 0 Å². The van der Waals surface area contributed by atoms with E-state index in [0.717, 1.165) is 12.1 Å². The van der Waals surface area contributed by atoms with Crippen molar-refractivity contribution in [2.24, 2.45) is 0 Å². The molecule has 2 aromatic rings. The highest BCUT2D eigenvalue weighted by atomic mass is 19.4. The molecule has 1 N–H and O–H groups in total. The third-order valence-corrected chi connectivity index (χ3v) is 3.00. The molecule has 0 bridgehead atoms. The highest BCUT2D eigenvalue weighted by molar-refractivity contribution is 5.66. The fourth-order valence-corrected chi connectivity index (χ4v) is 1.94. The number of benzene rings is 1. The van der Waals surface area contributed by atoms with E-state index in [1.54, 1.807) is 6.07 Å². The summed E-state index contributed by atoms with van der Waals surface area (Å²) >= 11 is 0. The van der Waals surface area contributed by atoms with Crippen LogP contribution >= 0.6 is 0 Å². The lowest BCUT2D eigenvalue weighted by Gasteiger charge is -2.10. The Hall–Kier alpha value is -1.82. The van der Waals surface area contributed by atoms with E-state index in [1.807, 2.05) is 13.8 Å². The first-order valence-electron chi connectivity index (χ1n) is 6.46. The van der Waals surface area contributed by atoms with E-state index >= 15 is 0 Å². The lowest BCUT2D eigenvalue weighted by atomic mass is 10.0. The van der Waals surface area contributed by atoms with Crippen molar-refractivity contribution >= 4 is 0 Å². The molecule has 0 saturated carbocycles. The van der Waals surface area contributed by atoms with Gasteiger partial charge in [0.25, 0.3) is 0 Å². The van der Waals surface area contributed by atoms with Crippen molar-refractivity contribution in [2.45, 2.75) is 32.6 Å². The van der Waals surface area contributed by atoms with Gasteiger partial charge in [0, 0.05) is 11.6 Å². The number of hydrogen-bond donors (Lipinski definition) is 1. The van der Waals surface area contributed by atoms with E-state index in [0.29, 0.717) is 23.4 Å². The normalized spacial score (nSPS) is 12.1.